The summed E-state index contributed by atoms with van der Waals surface area (Å²) in [5.41, 5.74) is 0.714. The Morgan fingerprint density at radius 3 is 2.86 bits per heavy atom. The maximum atomic E-state index is 10.5. The molecule has 0 spiro atoms. The van der Waals surface area contributed by atoms with Gasteiger partial charge in [0.2, 0.25) is 11.7 Å². The van der Waals surface area contributed by atoms with E-state index in [0.717, 1.165) is 6.42 Å². The van der Waals surface area contributed by atoms with Crippen molar-refractivity contribution in [2.45, 2.75) is 26.2 Å². The minimum absolute atomic E-state index is 0.0469. The van der Waals surface area contributed by atoms with Gasteiger partial charge < -0.3 is 19.1 Å². The van der Waals surface area contributed by atoms with Crippen LogP contribution in [-0.4, -0.2) is 34.9 Å². The summed E-state index contributed by atoms with van der Waals surface area (Å²) in [6, 6.07) is 5.35. The number of hydrogen-bond donors (Lipinski definition) is 1. The Morgan fingerprint density at radius 2 is 2.18 bits per heavy atom. The maximum Gasteiger partial charge on any atom is 0.303 e. The summed E-state index contributed by atoms with van der Waals surface area (Å²) in [7, 11) is 1.56. The van der Waals surface area contributed by atoms with Crippen molar-refractivity contribution in [3.05, 3.63) is 24.1 Å². The van der Waals surface area contributed by atoms with Gasteiger partial charge in [-0.3, -0.25) is 4.79 Å². The maximum absolute atomic E-state index is 10.5. The normalized spacial score (nSPS) is 10.5. The molecule has 0 amide bonds. The fraction of sp³-hybridized carbons (Fsp3) is 0.400. The fourth-order valence-corrected chi connectivity index (χ4v) is 1.83. The van der Waals surface area contributed by atoms with Gasteiger partial charge in [0.05, 0.1) is 20.1 Å². The summed E-state index contributed by atoms with van der Waals surface area (Å²) in [5.74, 6) is 1.02. The third kappa shape index (κ3) is 3.97. The van der Waals surface area contributed by atoms with Crippen molar-refractivity contribution in [1.29, 1.82) is 0 Å². The number of methoxy groups -OCH3 is 1. The zero-order chi connectivity index (χ0) is 15.9. The number of rotatable bonds is 8. The molecule has 7 heteroatoms. The van der Waals surface area contributed by atoms with Crippen molar-refractivity contribution in [1.82, 2.24) is 10.1 Å². The third-order valence-corrected chi connectivity index (χ3v) is 2.90. The van der Waals surface area contributed by atoms with E-state index in [0.29, 0.717) is 35.4 Å². The van der Waals surface area contributed by atoms with Crippen LogP contribution >= 0.6 is 0 Å². The Labute approximate surface area is 127 Å². The number of carboxylic acids is 1. The van der Waals surface area contributed by atoms with Gasteiger partial charge in [0, 0.05) is 12.0 Å². The molecular weight excluding hydrogens is 288 g/mol. The molecule has 0 aliphatic carbocycles. The van der Waals surface area contributed by atoms with Crippen LogP contribution in [0.2, 0.25) is 0 Å². The first kappa shape index (κ1) is 15.8. The van der Waals surface area contributed by atoms with Gasteiger partial charge in [-0.2, -0.15) is 4.98 Å². The highest BCUT2D eigenvalue weighted by Gasteiger charge is 2.13. The molecule has 22 heavy (non-hydrogen) atoms. The summed E-state index contributed by atoms with van der Waals surface area (Å²) in [6.07, 6.45) is 1.06. The number of ether oxygens (including phenoxy) is 2. The molecule has 0 fully saturated rings. The van der Waals surface area contributed by atoms with Gasteiger partial charge in [-0.05, 0) is 24.6 Å². The van der Waals surface area contributed by atoms with E-state index in [1.54, 1.807) is 25.3 Å². The first-order valence-corrected chi connectivity index (χ1v) is 6.99. The van der Waals surface area contributed by atoms with Gasteiger partial charge in [0.1, 0.15) is 0 Å². The van der Waals surface area contributed by atoms with E-state index in [9.17, 15) is 4.79 Å². The Balaban J connectivity index is 2.16. The van der Waals surface area contributed by atoms with Crippen molar-refractivity contribution in [3.8, 4) is 22.9 Å². The lowest BCUT2D eigenvalue weighted by Crippen LogP contribution is -1.98. The van der Waals surface area contributed by atoms with Crippen molar-refractivity contribution in [3.63, 3.8) is 0 Å². The largest absolute Gasteiger partial charge is 0.493 e. The molecule has 0 aliphatic heterocycles. The zero-order valence-electron chi connectivity index (χ0n) is 12.5. The van der Waals surface area contributed by atoms with Crippen LogP contribution in [0.3, 0.4) is 0 Å². The molecule has 0 atom stereocenters. The highest BCUT2D eigenvalue weighted by atomic mass is 16.5. The van der Waals surface area contributed by atoms with Crippen molar-refractivity contribution in [2.75, 3.05) is 13.7 Å². The van der Waals surface area contributed by atoms with E-state index in [-0.39, 0.29) is 12.8 Å². The minimum atomic E-state index is -0.904. The van der Waals surface area contributed by atoms with E-state index < -0.39 is 5.97 Å². The van der Waals surface area contributed by atoms with Gasteiger partial charge >= 0.3 is 5.97 Å². The molecule has 2 rings (SSSR count). The number of aromatic nitrogens is 2. The van der Waals surface area contributed by atoms with Crippen LogP contribution in [0.5, 0.6) is 11.5 Å². The number of nitrogens with zero attached hydrogens (tertiary/aromatic N) is 2. The lowest BCUT2D eigenvalue weighted by atomic mass is 10.2. The van der Waals surface area contributed by atoms with Crippen LogP contribution in [0.4, 0.5) is 0 Å². The van der Waals surface area contributed by atoms with Crippen LogP contribution in [0, 0.1) is 0 Å². The van der Waals surface area contributed by atoms with Crippen molar-refractivity contribution in [2.24, 2.45) is 0 Å². The Kier molecular flexibility index (Phi) is 5.35. The first-order valence-electron chi connectivity index (χ1n) is 6.99. The molecule has 2 aromatic rings. The second kappa shape index (κ2) is 7.44. The molecule has 0 saturated carbocycles. The number of hydrogen-bond acceptors (Lipinski definition) is 6. The van der Waals surface area contributed by atoms with E-state index in [4.69, 9.17) is 19.1 Å². The molecule has 0 aliphatic rings. The highest BCUT2D eigenvalue weighted by Crippen LogP contribution is 2.31. The van der Waals surface area contributed by atoms with Crippen LogP contribution in [0.15, 0.2) is 22.7 Å². The highest BCUT2D eigenvalue weighted by molar-refractivity contribution is 5.67. The van der Waals surface area contributed by atoms with Gasteiger partial charge in [-0.1, -0.05) is 12.1 Å². The third-order valence-electron chi connectivity index (χ3n) is 2.90. The molecule has 0 saturated heterocycles. The Bertz CT molecular complexity index is 639. The molecule has 1 aromatic carbocycles. The van der Waals surface area contributed by atoms with E-state index in [1.807, 2.05) is 6.92 Å². The molecule has 1 N–H and O–H groups in total. The topological polar surface area (TPSA) is 94.7 Å². The lowest BCUT2D eigenvalue weighted by molar-refractivity contribution is -0.137. The standard InChI is InChI=1S/C15H18N2O5/c1-3-8-21-11-5-4-10(9-12(11)20-2)15-16-13(22-17-15)6-7-14(18)19/h4-5,9H,3,6-8H2,1-2H3,(H,18,19). The lowest BCUT2D eigenvalue weighted by Gasteiger charge is -2.10. The summed E-state index contributed by atoms with van der Waals surface area (Å²) >= 11 is 0. The van der Waals surface area contributed by atoms with Gasteiger partial charge in [0.15, 0.2) is 11.5 Å². The van der Waals surface area contributed by atoms with E-state index >= 15 is 0 Å². The summed E-state index contributed by atoms with van der Waals surface area (Å²) in [6.45, 7) is 2.63. The average Bonchev–Trinajstić information content (AvgIpc) is 2.99. The predicted molar refractivity (Wildman–Crippen MR) is 78.0 cm³/mol. The van der Waals surface area contributed by atoms with Gasteiger partial charge in [-0.25, -0.2) is 0 Å². The molecule has 118 valence electrons. The molecule has 0 radical (unpaired) electrons. The SMILES string of the molecule is CCCOc1ccc(-c2noc(CCC(=O)O)n2)cc1OC. The summed E-state index contributed by atoms with van der Waals surface area (Å²) in [5, 5.41) is 12.5. The molecular formula is C15H18N2O5. The second-order valence-electron chi connectivity index (χ2n) is 4.62. The van der Waals surface area contributed by atoms with Crippen LogP contribution in [-0.2, 0) is 11.2 Å². The predicted octanol–water partition coefficient (Wildman–Crippen LogP) is 2.55. The quantitative estimate of drug-likeness (QED) is 0.800. The van der Waals surface area contributed by atoms with Crippen molar-refractivity contribution < 1.29 is 23.9 Å². The number of benzene rings is 1. The Morgan fingerprint density at radius 1 is 1.36 bits per heavy atom. The van der Waals surface area contributed by atoms with Crippen LogP contribution in [0.1, 0.15) is 25.7 Å². The first-order chi connectivity index (χ1) is 10.6. The zero-order valence-corrected chi connectivity index (χ0v) is 12.5. The second-order valence-corrected chi connectivity index (χ2v) is 4.62. The smallest absolute Gasteiger partial charge is 0.303 e. The summed E-state index contributed by atoms with van der Waals surface area (Å²) < 4.78 is 15.9. The molecule has 7 nitrogen and oxygen atoms in total. The molecule has 0 bridgehead atoms. The molecule has 1 heterocycles. The van der Waals surface area contributed by atoms with E-state index in [1.165, 1.54) is 0 Å². The van der Waals surface area contributed by atoms with Crippen LogP contribution in [0.25, 0.3) is 11.4 Å². The number of carbonyl (C=O) groups is 1. The Hall–Kier alpha value is -2.57. The van der Waals surface area contributed by atoms with E-state index in [2.05, 4.69) is 10.1 Å². The van der Waals surface area contributed by atoms with Crippen LogP contribution < -0.4 is 9.47 Å². The van der Waals surface area contributed by atoms with Gasteiger partial charge in [-0.15, -0.1) is 0 Å². The number of aryl methyl sites for hydroxylation is 1. The molecule has 0 unspecified atom stereocenters. The number of carboxylic acid groups (broad SMARTS) is 1. The monoisotopic (exact) mass is 306 g/mol. The minimum Gasteiger partial charge on any atom is -0.493 e. The molecule has 1 aromatic heterocycles. The summed E-state index contributed by atoms with van der Waals surface area (Å²) in [4.78, 5) is 14.7. The van der Waals surface area contributed by atoms with Crippen molar-refractivity contribution >= 4 is 5.97 Å². The fourth-order valence-electron chi connectivity index (χ4n) is 1.83. The average molecular weight is 306 g/mol. The number of aliphatic carboxylic acids is 1. The van der Waals surface area contributed by atoms with Gasteiger partial charge in [0.25, 0.3) is 0 Å².